The molecule has 0 unspecified atom stereocenters. The number of rotatable bonds is 12. The molecule has 6 heterocycles. The van der Waals surface area contributed by atoms with Gasteiger partial charge < -0.3 is 8.83 Å². The van der Waals surface area contributed by atoms with E-state index in [1.54, 1.807) is 0 Å². The first kappa shape index (κ1) is 87.1. The van der Waals surface area contributed by atoms with Crippen LogP contribution in [-0.2, 0) is 16.2 Å². The van der Waals surface area contributed by atoms with Crippen LogP contribution in [0.15, 0.2) is 476 Å². The van der Waals surface area contributed by atoms with E-state index in [1.807, 2.05) is 90.2 Å². The van der Waals surface area contributed by atoms with Crippen LogP contribution in [0.3, 0.4) is 0 Å². The van der Waals surface area contributed by atoms with E-state index in [-0.39, 0.29) is 10.8 Å². The number of hydrogen-bond acceptors (Lipinski definition) is 12. The molecular formula is C136H89N9O2S. The van der Waals surface area contributed by atoms with Gasteiger partial charge in [0.1, 0.15) is 22.3 Å². The summed E-state index contributed by atoms with van der Waals surface area (Å²) >= 11 is 1.81. The highest BCUT2D eigenvalue weighted by Gasteiger charge is 2.49. The molecule has 27 aromatic rings. The van der Waals surface area contributed by atoms with Crippen LogP contribution in [0.5, 0.6) is 0 Å². The van der Waals surface area contributed by atoms with Gasteiger partial charge >= 0.3 is 0 Å². The van der Waals surface area contributed by atoms with E-state index in [4.69, 9.17) is 53.7 Å². The fourth-order valence-corrected chi connectivity index (χ4v) is 24.8. The lowest BCUT2D eigenvalue weighted by molar-refractivity contribution is 0.666. The molecule has 0 spiro atoms. The molecule has 0 amide bonds. The highest BCUT2D eigenvalue weighted by atomic mass is 32.1. The first-order valence-corrected chi connectivity index (χ1v) is 51.1. The van der Waals surface area contributed by atoms with Gasteiger partial charge in [0.15, 0.2) is 52.4 Å². The topological polar surface area (TPSA) is 142 Å². The summed E-state index contributed by atoms with van der Waals surface area (Å²) in [5.41, 5.74) is 30.7. The third kappa shape index (κ3) is 14.3. The van der Waals surface area contributed by atoms with Gasteiger partial charge in [0, 0.05) is 103 Å². The molecule has 0 bridgehead atoms. The quantitative estimate of drug-likeness (QED) is 0.115. The number of furan rings is 2. The lowest BCUT2D eigenvalue weighted by Gasteiger charge is -2.34. The molecule has 0 atom stereocenters. The van der Waals surface area contributed by atoms with Crippen molar-refractivity contribution < 1.29 is 8.83 Å². The molecule has 0 aliphatic heterocycles. The van der Waals surface area contributed by atoms with Gasteiger partial charge in [0.2, 0.25) is 0 Å². The van der Waals surface area contributed by atoms with Crippen molar-refractivity contribution in [3.63, 3.8) is 0 Å². The lowest BCUT2D eigenvalue weighted by atomic mass is 9.66. The fourth-order valence-electron chi connectivity index (χ4n) is 23.7. The van der Waals surface area contributed by atoms with E-state index in [0.29, 0.717) is 52.4 Å². The van der Waals surface area contributed by atoms with Crippen molar-refractivity contribution >= 4 is 108 Å². The number of aromatic nitrogens is 9. The van der Waals surface area contributed by atoms with Gasteiger partial charge in [-0.15, -0.1) is 11.3 Å². The third-order valence-corrected chi connectivity index (χ3v) is 31.6. The van der Waals surface area contributed by atoms with Gasteiger partial charge in [-0.05, 0) is 170 Å². The van der Waals surface area contributed by atoms with E-state index in [0.717, 1.165) is 105 Å². The predicted octanol–water partition coefficient (Wildman–Crippen LogP) is 34.9. The van der Waals surface area contributed by atoms with Gasteiger partial charge in [-0.2, -0.15) is 0 Å². The summed E-state index contributed by atoms with van der Waals surface area (Å²) in [6, 6.07) is 165. The molecule has 21 aromatic carbocycles. The van der Waals surface area contributed by atoms with E-state index in [9.17, 15) is 0 Å². The summed E-state index contributed by atoms with van der Waals surface area (Å²) in [4.78, 5) is 46.6. The number of para-hydroxylation sites is 2. The zero-order chi connectivity index (χ0) is 98.5. The minimum atomic E-state index is -0.589. The van der Waals surface area contributed by atoms with Crippen LogP contribution in [0, 0.1) is 0 Å². The molecule has 6 aromatic heterocycles. The van der Waals surface area contributed by atoms with Crippen LogP contribution in [0.25, 0.3) is 243 Å². The Morgan fingerprint density at radius 3 is 0.912 bits per heavy atom. The largest absolute Gasteiger partial charge is 0.456 e. The smallest absolute Gasteiger partial charge is 0.164 e. The normalized spacial score (nSPS) is 13.2. The van der Waals surface area contributed by atoms with Crippen molar-refractivity contribution in [3.05, 3.63) is 512 Å². The van der Waals surface area contributed by atoms with Crippen molar-refractivity contribution in [2.24, 2.45) is 0 Å². The Bertz CT molecular complexity index is 10000. The number of nitrogens with zero attached hydrogens (tertiary/aromatic N) is 9. The van der Waals surface area contributed by atoms with E-state index < -0.39 is 5.41 Å². The van der Waals surface area contributed by atoms with E-state index >= 15 is 0 Å². The van der Waals surface area contributed by atoms with Gasteiger partial charge in [-0.25, -0.2) is 44.9 Å². The molecule has 148 heavy (non-hydrogen) atoms. The Morgan fingerprint density at radius 1 is 0.182 bits per heavy atom. The van der Waals surface area contributed by atoms with Crippen molar-refractivity contribution in [2.45, 2.75) is 43.9 Å². The Balaban J connectivity index is 0.000000108. The molecule has 3 aliphatic carbocycles. The summed E-state index contributed by atoms with van der Waals surface area (Å²) in [5, 5.41) is 14.4. The van der Waals surface area contributed by atoms with Crippen LogP contribution in [0.1, 0.15) is 72.2 Å². The molecule has 0 saturated carbocycles. The van der Waals surface area contributed by atoms with Gasteiger partial charge in [-0.1, -0.05) is 446 Å². The highest BCUT2D eigenvalue weighted by molar-refractivity contribution is 7.25. The van der Waals surface area contributed by atoms with Crippen molar-refractivity contribution in [1.29, 1.82) is 0 Å². The summed E-state index contributed by atoms with van der Waals surface area (Å²) in [6.45, 7) is 9.33. The molecule has 0 radical (unpaired) electrons. The minimum absolute atomic E-state index is 0.161. The maximum atomic E-state index is 6.31. The lowest BCUT2D eigenvalue weighted by Crippen LogP contribution is -2.28. The average molecular weight is 1910 g/mol. The zero-order valence-electron chi connectivity index (χ0n) is 81.2. The van der Waals surface area contributed by atoms with Gasteiger partial charge in [0.25, 0.3) is 0 Å². The molecule has 12 heteroatoms. The first-order chi connectivity index (χ1) is 72.9. The Morgan fingerprint density at radius 2 is 0.473 bits per heavy atom. The summed E-state index contributed by atoms with van der Waals surface area (Å²) in [7, 11) is 0. The van der Waals surface area contributed by atoms with Crippen LogP contribution in [-0.4, -0.2) is 44.9 Å². The van der Waals surface area contributed by atoms with Crippen molar-refractivity contribution in [1.82, 2.24) is 44.9 Å². The maximum absolute atomic E-state index is 6.31. The van der Waals surface area contributed by atoms with Crippen LogP contribution in [0.4, 0.5) is 0 Å². The van der Waals surface area contributed by atoms with E-state index in [2.05, 4.69) is 416 Å². The van der Waals surface area contributed by atoms with Crippen LogP contribution in [0.2, 0.25) is 0 Å². The molecule has 11 nitrogen and oxygen atoms in total. The second-order valence-electron chi connectivity index (χ2n) is 39.6. The molecular weight excluding hydrogens is 1820 g/mol. The van der Waals surface area contributed by atoms with Crippen LogP contribution < -0.4 is 0 Å². The minimum Gasteiger partial charge on any atom is -0.456 e. The van der Waals surface area contributed by atoms with Gasteiger partial charge in [0.05, 0.1) is 5.41 Å². The number of benzene rings is 21. The summed E-state index contributed by atoms with van der Waals surface area (Å²) in [5.74, 6) is 5.76. The molecule has 0 saturated heterocycles. The van der Waals surface area contributed by atoms with Crippen molar-refractivity contribution in [2.75, 3.05) is 0 Å². The fraction of sp³-hybridized carbons (Fsp3) is 0.0515. The van der Waals surface area contributed by atoms with E-state index in [1.165, 1.54) is 130 Å². The second kappa shape index (κ2) is 34.8. The maximum Gasteiger partial charge on any atom is 0.164 e. The summed E-state index contributed by atoms with van der Waals surface area (Å²) in [6.07, 6.45) is 0. The predicted molar refractivity (Wildman–Crippen MR) is 606 cm³/mol. The standard InChI is InChI=1S/C50H31N3O.C46H31N3O.C40H27N3S/c1-4-16-33(17-5-1)47-51-48(34-28-29-39-38-23-12-13-26-43(38)54-44(39)31-34)53-49(52-47)41-24-14-25-42-45(41)40-30-27-32-15-10-11-22-37(32)46(40)50(42,35-18-6-2-7-19-35)36-20-8-3-9-21-36;1-46(2)38-17-10-16-37(41(38)36-26-23-30-13-6-7-14-33(30)42(36)46)45-48-43(31-21-19-29(20-22-31)28-11-4-3-5-12-28)47-44(49-45)32-24-25-35-34-15-8-9-18-39(34)50-40(35)27-32;1-40(2)32-17-10-16-31(35(32)30-22-19-24-11-6-7-14-27(24)36(30)40)39-42-37(25-12-4-3-5-13-25)41-38(43-39)26-20-21-29-28-15-8-9-18-33(28)44-34(29)23-26/h1-31H;3-27H,1-2H3;3-23H,1-2H3. The van der Waals surface area contributed by atoms with Crippen LogP contribution >= 0.6 is 11.3 Å². The highest BCUT2D eigenvalue weighted by Crippen LogP contribution is 2.62. The SMILES string of the molecule is CC1(C)c2cccc(-c3nc(-c4ccc(-c5ccccc5)cc4)nc(-c4ccc5c(c4)oc4ccccc45)n3)c2-c2ccc3ccccc3c21.CC1(C)c2cccc(-c3nc(-c4ccccc4)nc(-c4ccc5c(c4)sc4ccccc45)n3)c2-c2ccc3ccccc3c21.c1ccc(-c2nc(-c3ccc4c(c3)oc3ccccc34)nc(-c3cccc4c3-c3ccc5ccccc5c3C4(c3ccccc3)c3ccccc3)n2)cc1. The monoisotopic (exact) mass is 1910 g/mol. The molecule has 30 rings (SSSR count). The van der Waals surface area contributed by atoms with Gasteiger partial charge in [-0.3, -0.25) is 0 Å². The summed E-state index contributed by atoms with van der Waals surface area (Å²) < 4.78 is 15.1. The molecule has 0 N–H and O–H groups in total. The Hall–Kier alpha value is -18.8. The number of fused-ring (bicyclic) bond motifs is 24. The Kier molecular flexibility index (Phi) is 20.5. The molecule has 0 fully saturated rings. The van der Waals surface area contributed by atoms with Crippen molar-refractivity contribution in [3.8, 4) is 147 Å². The zero-order valence-corrected chi connectivity index (χ0v) is 82.0. The average Bonchev–Trinajstić information content (AvgIpc) is 1.54. The Labute approximate surface area is 857 Å². The number of thiophene rings is 1. The third-order valence-electron chi connectivity index (χ3n) is 30.4. The molecule has 696 valence electrons. The first-order valence-electron chi connectivity index (χ1n) is 50.3. The molecule has 3 aliphatic rings. The second-order valence-corrected chi connectivity index (χ2v) is 40.6. The number of hydrogen-bond donors (Lipinski definition) is 0.